The molecule has 3 aromatic rings. The normalized spacial score (nSPS) is 12.5. The summed E-state index contributed by atoms with van der Waals surface area (Å²) in [6.45, 7) is 2.70. The van der Waals surface area contributed by atoms with Crippen molar-refractivity contribution in [3.63, 3.8) is 0 Å². The van der Waals surface area contributed by atoms with Crippen LogP contribution in [0.4, 0.5) is 0 Å². The van der Waals surface area contributed by atoms with Crippen LogP contribution in [0.5, 0.6) is 5.06 Å². The highest BCUT2D eigenvalue weighted by Crippen LogP contribution is 2.19. The van der Waals surface area contributed by atoms with Gasteiger partial charge in [-0.15, -0.1) is 0 Å². The molecule has 0 bridgehead atoms. The van der Waals surface area contributed by atoms with Crippen molar-refractivity contribution in [3.8, 4) is 5.06 Å². The van der Waals surface area contributed by atoms with Crippen LogP contribution in [0.15, 0.2) is 45.2 Å². The van der Waals surface area contributed by atoms with Gasteiger partial charge in [0.15, 0.2) is 5.06 Å². The van der Waals surface area contributed by atoms with Crippen LogP contribution in [0.2, 0.25) is 0 Å². The van der Waals surface area contributed by atoms with Gasteiger partial charge in [-0.3, -0.25) is 24.2 Å². The van der Waals surface area contributed by atoms with E-state index in [1.165, 1.54) is 13.8 Å². The van der Waals surface area contributed by atoms with E-state index in [2.05, 4.69) is 20.8 Å². The summed E-state index contributed by atoms with van der Waals surface area (Å²) in [6.07, 6.45) is 1.98. The lowest BCUT2D eigenvalue weighted by Gasteiger charge is -2.16. The van der Waals surface area contributed by atoms with Crippen molar-refractivity contribution in [1.29, 1.82) is 0 Å². The zero-order valence-corrected chi connectivity index (χ0v) is 16.9. The monoisotopic (exact) mass is 429 g/mol. The Morgan fingerprint density at radius 1 is 1.23 bits per heavy atom. The van der Waals surface area contributed by atoms with Gasteiger partial charge < -0.3 is 15.4 Å². The predicted molar refractivity (Wildman–Crippen MR) is 113 cm³/mol. The number of carbonyl (C=O) groups is 2. The van der Waals surface area contributed by atoms with Crippen molar-refractivity contribution in [2.24, 2.45) is 5.10 Å². The summed E-state index contributed by atoms with van der Waals surface area (Å²) in [5, 5.41) is 16.7. The van der Waals surface area contributed by atoms with Gasteiger partial charge in [0.1, 0.15) is 11.6 Å². The maximum Gasteiger partial charge on any atom is 0.310 e. The fourth-order valence-electron chi connectivity index (χ4n) is 2.98. The maximum atomic E-state index is 12.7. The van der Waals surface area contributed by atoms with E-state index >= 15 is 0 Å². The molecule has 1 unspecified atom stereocenters. The van der Waals surface area contributed by atoms with Gasteiger partial charge in [-0.05, 0) is 29.9 Å². The lowest BCUT2D eigenvalue weighted by atomic mass is 10.0. The highest BCUT2D eigenvalue weighted by Gasteiger charge is 2.22. The molecule has 0 spiro atoms. The van der Waals surface area contributed by atoms with Crippen LogP contribution in [-0.4, -0.2) is 38.6 Å². The van der Waals surface area contributed by atoms with Crippen LogP contribution < -0.4 is 21.2 Å². The molecule has 0 radical (unpaired) electrons. The first-order chi connectivity index (χ1) is 14.3. The van der Waals surface area contributed by atoms with Crippen LogP contribution in [0, 0.1) is 0 Å². The maximum absolute atomic E-state index is 12.7. The first-order valence-corrected chi connectivity index (χ1v) is 9.71. The zero-order chi connectivity index (χ0) is 21.8. The molecule has 0 aliphatic rings. The lowest BCUT2D eigenvalue weighted by Crippen LogP contribution is -2.46. The third-order valence-corrected chi connectivity index (χ3v) is 5.02. The van der Waals surface area contributed by atoms with E-state index in [9.17, 15) is 24.3 Å². The van der Waals surface area contributed by atoms with Gasteiger partial charge in [0.2, 0.25) is 5.91 Å². The third kappa shape index (κ3) is 4.63. The molecule has 30 heavy (non-hydrogen) atoms. The molecule has 2 heterocycles. The number of aromatic nitrogens is 2. The molecule has 0 fully saturated rings. The van der Waals surface area contributed by atoms with Gasteiger partial charge in [0.05, 0.1) is 5.71 Å². The largest absolute Gasteiger partial charge is 0.499 e. The second-order valence-corrected chi connectivity index (χ2v) is 7.48. The average Bonchev–Trinajstić information content (AvgIpc) is 3.07. The van der Waals surface area contributed by atoms with Gasteiger partial charge in [-0.1, -0.05) is 18.2 Å². The van der Waals surface area contributed by atoms with Crippen molar-refractivity contribution in [2.45, 2.75) is 26.3 Å². The second kappa shape index (κ2) is 8.74. The van der Waals surface area contributed by atoms with Gasteiger partial charge in [0, 0.05) is 30.4 Å². The highest BCUT2D eigenvalue weighted by molar-refractivity contribution is 7.11. The molecule has 10 nitrogen and oxygen atoms in total. The van der Waals surface area contributed by atoms with Crippen LogP contribution in [-0.2, 0) is 16.0 Å². The summed E-state index contributed by atoms with van der Waals surface area (Å²) in [6, 6.07) is 6.64. The Bertz CT molecular complexity index is 1260. The topological polar surface area (TPSA) is 157 Å². The number of aromatic amines is 2. The molecule has 2 aromatic heterocycles. The number of rotatable bonds is 6. The van der Waals surface area contributed by atoms with Gasteiger partial charge in [-0.2, -0.15) is 5.10 Å². The van der Waals surface area contributed by atoms with Crippen molar-refractivity contribution >= 4 is 39.8 Å². The molecular weight excluding hydrogens is 410 g/mol. The standard InChI is InChI=1S/C19H19N5O5S/c1-9(15-17(27)22-19(29)30-18(15)28)23-24-16(26)14(21-10(2)25)7-11-8-20-13-6-4-3-5-12(11)13/h3-6,8,14,20,28H,7H2,1-2H3,(H,21,25)(H,24,26)(H,22,27,29)/b23-9+. The van der Waals surface area contributed by atoms with Crippen LogP contribution in [0.25, 0.3) is 10.9 Å². The Labute approximate surface area is 173 Å². The van der Waals surface area contributed by atoms with Crippen molar-refractivity contribution < 1.29 is 14.7 Å². The van der Waals surface area contributed by atoms with Gasteiger partial charge in [-0.25, -0.2) is 5.43 Å². The third-order valence-electron chi connectivity index (χ3n) is 4.33. The van der Waals surface area contributed by atoms with E-state index in [1.54, 1.807) is 6.20 Å². The smallest absolute Gasteiger partial charge is 0.310 e. The Morgan fingerprint density at radius 3 is 2.67 bits per heavy atom. The molecule has 0 saturated heterocycles. The fraction of sp³-hybridized carbons (Fsp3) is 0.211. The number of hydrogen-bond acceptors (Lipinski definition) is 7. The van der Waals surface area contributed by atoms with Crippen LogP contribution in [0.1, 0.15) is 25.0 Å². The quantitative estimate of drug-likeness (QED) is 0.286. The number of fused-ring (bicyclic) bond motifs is 1. The lowest BCUT2D eigenvalue weighted by molar-refractivity contribution is -0.128. The first kappa shape index (κ1) is 21.0. The number of para-hydroxylation sites is 1. The highest BCUT2D eigenvalue weighted by atomic mass is 32.1. The minimum atomic E-state index is -0.919. The SMILES string of the molecule is CC(=O)NC(Cc1c[nH]c2ccccc12)C(=O)N/N=C(\C)c1c(O)sc(=O)[nH]c1=O. The molecule has 1 atom stereocenters. The van der Waals surface area contributed by atoms with E-state index < -0.39 is 33.4 Å². The number of nitrogens with one attached hydrogen (secondary N) is 4. The summed E-state index contributed by atoms with van der Waals surface area (Å²) in [5.41, 5.74) is 3.02. The molecule has 0 aliphatic heterocycles. The molecular formula is C19H19N5O5S. The number of hydrazone groups is 1. The van der Waals surface area contributed by atoms with Gasteiger partial charge >= 0.3 is 4.87 Å². The fourth-order valence-corrected chi connectivity index (χ4v) is 3.65. The van der Waals surface area contributed by atoms with E-state index in [0.717, 1.165) is 16.5 Å². The predicted octanol–water partition coefficient (Wildman–Crippen LogP) is 0.571. The molecule has 156 valence electrons. The number of amides is 2. The Hall–Kier alpha value is -3.73. The van der Waals surface area contributed by atoms with Crippen molar-refractivity contribution in [3.05, 3.63) is 61.6 Å². The number of benzene rings is 1. The summed E-state index contributed by atoms with van der Waals surface area (Å²) in [7, 11) is 0. The molecule has 1 aromatic carbocycles. The Morgan fingerprint density at radius 2 is 1.97 bits per heavy atom. The van der Waals surface area contributed by atoms with Crippen LogP contribution in [0.3, 0.4) is 0 Å². The molecule has 2 amide bonds. The minimum Gasteiger partial charge on any atom is -0.499 e. The molecule has 0 aliphatic carbocycles. The number of hydrogen-bond donors (Lipinski definition) is 5. The Balaban J connectivity index is 1.82. The number of carbonyl (C=O) groups excluding carboxylic acids is 2. The van der Waals surface area contributed by atoms with Gasteiger partial charge in [0.25, 0.3) is 11.5 Å². The average molecular weight is 429 g/mol. The van der Waals surface area contributed by atoms with Crippen molar-refractivity contribution in [2.75, 3.05) is 0 Å². The summed E-state index contributed by atoms with van der Waals surface area (Å²) in [4.78, 5) is 51.8. The molecule has 5 N–H and O–H groups in total. The molecule has 11 heteroatoms. The van der Waals surface area contributed by atoms with E-state index in [1.807, 2.05) is 29.2 Å². The number of aromatic hydroxyl groups is 1. The Kier molecular flexibility index (Phi) is 6.11. The summed E-state index contributed by atoms with van der Waals surface area (Å²) < 4.78 is 0. The van der Waals surface area contributed by atoms with E-state index in [0.29, 0.717) is 11.3 Å². The van der Waals surface area contributed by atoms with E-state index in [-0.39, 0.29) is 17.7 Å². The summed E-state index contributed by atoms with van der Waals surface area (Å²) in [5.74, 6) is -0.993. The molecule has 3 rings (SSSR count). The van der Waals surface area contributed by atoms with E-state index in [4.69, 9.17) is 0 Å². The first-order valence-electron chi connectivity index (χ1n) is 8.89. The summed E-state index contributed by atoms with van der Waals surface area (Å²) >= 11 is 0.445. The molecule has 0 saturated carbocycles. The number of nitrogens with zero attached hydrogens (tertiary/aromatic N) is 1. The number of H-pyrrole nitrogens is 2. The zero-order valence-electron chi connectivity index (χ0n) is 16.1. The van der Waals surface area contributed by atoms with Crippen LogP contribution >= 0.6 is 11.3 Å². The van der Waals surface area contributed by atoms with Crippen molar-refractivity contribution in [1.82, 2.24) is 20.7 Å². The second-order valence-electron chi connectivity index (χ2n) is 6.51. The minimum absolute atomic E-state index is 0.00650.